The highest BCUT2D eigenvalue weighted by molar-refractivity contribution is 5.30. The summed E-state index contributed by atoms with van der Waals surface area (Å²) in [5.74, 6) is 1.35. The average molecular weight is 193 g/mol. The van der Waals surface area contributed by atoms with Gasteiger partial charge in [0, 0.05) is 6.04 Å². The van der Waals surface area contributed by atoms with Crippen molar-refractivity contribution in [2.75, 3.05) is 6.61 Å². The van der Waals surface area contributed by atoms with Crippen LogP contribution in [0.1, 0.15) is 32.4 Å². The molecule has 0 aliphatic carbocycles. The van der Waals surface area contributed by atoms with Crippen molar-refractivity contribution in [2.24, 2.45) is 11.7 Å². The maximum atomic E-state index is 6.05. The van der Waals surface area contributed by atoms with E-state index in [2.05, 4.69) is 13.8 Å². The lowest BCUT2D eigenvalue weighted by atomic mass is 9.97. The predicted molar refractivity (Wildman–Crippen MR) is 59.4 cm³/mol. The van der Waals surface area contributed by atoms with E-state index in [9.17, 15) is 0 Å². The van der Waals surface area contributed by atoms with E-state index in [1.54, 1.807) is 0 Å². The number of hydrogen-bond donors (Lipinski definition) is 1. The summed E-state index contributed by atoms with van der Waals surface area (Å²) in [6.07, 6.45) is 0. The molecule has 0 heterocycles. The summed E-state index contributed by atoms with van der Waals surface area (Å²) < 4.78 is 5.42. The molecule has 0 bridgehead atoms. The molecule has 1 aromatic carbocycles. The van der Waals surface area contributed by atoms with Crippen molar-refractivity contribution >= 4 is 0 Å². The first-order chi connectivity index (χ1) is 6.65. The second kappa shape index (κ2) is 5.01. The van der Waals surface area contributed by atoms with Crippen LogP contribution in [0, 0.1) is 5.92 Å². The van der Waals surface area contributed by atoms with Crippen molar-refractivity contribution in [1.29, 1.82) is 0 Å². The van der Waals surface area contributed by atoms with Gasteiger partial charge in [0.05, 0.1) is 6.61 Å². The lowest BCUT2D eigenvalue weighted by Gasteiger charge is -2.16. The fraction of sp³-hybridized carbons (Fsp3) is 0.500. The molecule has 1 rings (SSSR count). The third-order valence-corrected chi connectivity index (χ3v) is 2.27. The molecule has 14 heavy (non-hydrogen) atoms. The third-order valence-electron chi connectivity index (χ3n) is 2.27. The number of nitrogens with two attached hydrogens (primary N) is 1. The molecule has 0 aliphatic rings. The molecule has 0 aromatic heterocycles. The van der Waals surface area contributed by atoms with E-state index < -0.39 is 0 Å². The Balaban J connectivity index is 2.82. The van der Waals surface area contributed by atoms with Crippen molar-refractivity contribution in [3.05, 3.63) is 29.8 Å². The standard InChI is InChI=1S/C12H19NO/c1-4-14-11-7-5-6-10(8-11)12(13)9(2)3/h5-9,12H,4,13H2,1-3H3. The fourth-order valence-electron chi connectivity index (χ4n) is 1.36. The first kappa shape index (κ1) is 11.1. The third kappa shape index (κ3) is 2.74. The van der Waals surface area contributed by atoms with E-state index in [1.165, 1.54) is 0 Å². The number of ether oxygens (including phenoxy) is 1. The van der Waals surface area contributed by atoms with Gasteiger partial charge in [-0.3, -0.25) is 0 Å². The molecular weight excluding hydrogens is 174 g/mol. The van der Waals surface area contributed by atoms with Gasteiger partial charge >= 0.3 is 0 Å². The fourth-order valence-corrected chi connectivity index (χ4v) is 1.36. The Kier molecular flexibility index (Phi) is 3.96. The Morgan fingerprint density at radius 3 is 2.64 bits per heavy atom. The Morgan fingerprint density at radius 1 is 1.36 bits per heavy atom. The highest BCUT2D eigenvalue weighted by Crippen LogP contribution is 2.22. The Morgan fingerprint density at radius 2 is 2.07 bits per heavy atom. The van der Waals surface area contributed by atoms with Gasteiger partial charge in [0.1, 0.15) is 5.75 Å². The molecule has 0 fully saturated rings. The Bertz CT molecular complexity index is 283. The predicted octanol–water partition coefficient (Wildman–Crippen LogP) is 2.74. The number of hydrogen-bond acceptors (Lipinski definition) is 2. The molecule has 1 aromatic rings. The summed E-state index contributed by atoms with van der Waals surface area (Å²) in [7, 11) is 0. The van der Waals surface area contributed by atoms with E-state index >= 15 is 0 Å². The maximum absolute atomic E-state index is 6.05. The molecule has 1 unspecified atom stereocenters. The van der Waals surface area contributed by atoms with Crippen molar-refractivity contribution < 1.29 is 4.74 Å². The highest BCUT2D eigenvalue weighted by atomic mass is 16.5. The SMILES string of the molecule is CCOc1cccc(C(N)C(C)C)c1. The van der Waals surface area contributed by atoms with E-state index in [0.29, 0.717) is 12.5 Å². The smallest absolute Gasteiger partial charge is 0.119 e. The first-order valence-electron chi connectivity index (χ1n) is 5.13. The monoisotopic (exact) mass is 193 g/mol. The van der Waals surface area contributed by atoms with Crippen LogP contribution in [0.4, 0.5) is 0 Å². The van der Waals surface area contributed by atoms with Gasteiger partial charge in [0.2, 0.25) is 0 Å². The summed E-state index contributed by atoms with van der Waals surface area (Å²) in [5.41, 5.74) is 7.19. The summed E-state index contributed by atoms with van der Waals surface area (Å²) in [5, 5.41) is 0. The molecule has 2 heteroatoms. The quantitative estimate of drug-likeness (QED) is 0.798. The van der Waals surface area contributed by atoms with Gasteiger partial charge < -0.3 is 10.5 Å². The average Bonchev–Trinajstić information content (AvgIpc) is 2.17. The van der Waals surface area contributed by atoms with Gasteiger partial charge in [-0.15, -0.1) is 0 Å². The zero-order valence-corrected chi connectivity index (χ0v) is 9.16. The minimum absolute atomic E-state index is 0.0930. The summed E-state index contributed by atoms with van der Waals surface area (Å²) >= 11 is 0. The molecule has 2 N–H and O–H groups in total. The largest absolute Gasteiger partial charge is 0.494 e. The van der Waals surface area contributed by atoms with Gasteiger partial charge in [0.15, 0.2) is 0 Å². The van der Waals surface area contributed by atoms with Crippen LogP contribution in [0.15, 0.2) is 24.3 Å². The summed E-state index contributed by atoms with van der Waals surface area (Å²) in [4.78, 5) is 0. The summed E-state index contributed by atoms with van der Waals surface area (Å²) in [6, 6.07) is 8.11. The molecule has 2 nitrogen and oxygen atoms in total. The molecule has 0 aliphatic heterocycles. The lowest BCUT2D eigenvalue weighted by molar-refractivity contribution is 0.339. The lowest BCUT2D eigenvalue weighted by Crippen LogP contribution is -2.16. The van der Waals surface area contributed by atoms with Crippen molar-refractivity contribution in [2.45, 2.75) is 26.8 Å². The minimum atomic E-state index is 0.0930. The van der Waals surface area contributed by atoms with Gasteiger partial charge in [-0.05, 0) is 30.5 Å². The maximum Gasteiger partial charge on any atom is 0.119 e. The van der Waals surface area contributed by atoms with Crippen LogP contribution < -0.4 is 10.5 Å². The molecule has 78 valence electrons. The van der Waals surface area contributed by atoms with Crippen LogP contribution in [0.3, 0.4) is 0 Å². The number of benzene rings is 1. The Labute approximate surface area is 86.1 Å². The molecule has 0 saturated heterocycles. The van der Waals surface area contributed by atoms with Crippen molar-refractivity contribution in [3.63, 3.8) is 0 Å². The minimum Gasteiger partial charge on any atom is -0.494 e. The van der Waals surface area contributed by atoms with Crippen LogP contribution in [-0.2, 0) is 0 Å². The molecular formula is C12H19NO. The normalized spacial score (nSPS) is 12.9. The second-order valence-electron chi connectivity index (χ2n) is 3.78. The van der Waals surface area contributed by atoms with Crippen LogP contribution in [0.25, 0.3) is 0 Å². The van der Waals surface area contributed by atoms with Gasteiger partial charge in [-0.25, -0.2) is 0 Å². The van der Waals surface area contributed by atoms with Gasteiger partial charge in [-0.1, -0.05) is 26.0 Å². The Hall–Kier alpha value is -1.02. The molecule has 0 radical (unpaired) electrons. The zero-order chi connectivity index (χ0) is 10.6. The van der Waals surface area contributed by atoms with Crippen LogP contribution in [-0.4, -0.2) is 6.61 Å². The van der Waals surface area contributed by atoms with E-state index in [1.807, 2.05) is 31.2 Å². The molecule has 0 saturated carbocycles. The zero-order valence-electron chi connectivity index (χ0n) is 9.16. The van der Waals surface area contributed by atoms with Crippen molar-refractivity contribution in [1.82, 2.24) is 0 Å². The highest BCUT2D eigenvalue weighted by Gasteiger charge is 2.10. The van der Waals surface area contributed by atoms with E-state index in [-0.39, 0.29) is 6.04 Å². The van der Waals surface area contributed by atoms with E-state index in [0.717, 1.165) is 11.3 Å². The molecule has 1 atom stereocenters. The van der Waals surface area contributed by atoms with Crippen LogP contribution in [0.5, 0.6) is 5.75 Å². The van der Waals surface area contributed by atoms with Gasteiger partial charge in [-0.2, -0.15) is 0 Å². The van der Waals surface area contributed by atoms with Crippen molar-refractivity contribution in [3.8, 4) is 5.75 Å². The topological polar surface area (TPSA) is 35.2 Å². The van der Waals surface area contributed by atoms with E-state index in [4.69, 9.17) is 10.5 Å². The summed E-state index contributed by atoms with van der Waals surface area (Å²) in [6.45, 7) is 6.92. The molecule has 0 spiro atoms. The second-order valence-corrected chi connectivity index (χ2v) is 3.78. The van der Waals surface area contributed by atoms with Crippen LogP contribution in [0.2, 0.25) is 0 Å². The van der Waals surface area contributed by atoms with Crippen LogP contribution >= 0.6 is 0 Å². The number of rotatable bonds is 4. The first-order valence-corrected chi connectivity index (χ1v) is 5.13. The molecule has 0 amide bonds. The van der Waals surface area contributed by atoms with Gasteiger partial charge in [0.25, 0.3) is 0 Å².